The van der Waals surface area contributed by atoms with Crippen molar-refractivity contribution in [2.45, 2.75) is 12.5 Å². The van der Waals surface area contributed by atoms with Gasteiger partial charge in [-0.1, -0.05) is 0 Å². The number of guanidine groups is 1. The normalized spacial score (nSPS) is 25.0. The van der Waals surface area contributed by atoms with Crippen LogP contribution in [0.2, 0.25) is 0 Å². The second-order valence-corrected chi connectivity index (χ2v) is 2.49. The number of aliphatic hydroxyl groups is 1. The van der Waals surface area contributed by atoms with Gasteiger partial charge in [0.15, 0.2) is 5.96 Å². The smallest absolute Gasteiger partial charge is 0.190 e. The summed E-state index contributed by atoms with van der Waals surface area (Å²) in [5.41, 5.74) is 0. The van der Waals surface area contributed by atoms with Crippen molar-refractivity contribution in [3.8, 4) is 0 Å². The van der Waals surface area contributed by atoms with Gasteiger partial charge in [0.1, 0.15) is 0 Å². The van der Waals surface area contributed by atoms with E-state index in [4.69, 9.17) is 10.5 Å². The lowest BCUT2D eigenvalue weighted by molar-refractivity contribution is 0.188. The minimum absolute atomic E-state index is 0.242. The van der Waals surface area contributed by atoms with Crippen LogP contribution >= 0.6 is 0 Å². The highest BCUT2D eigenvalue weighted by atomic mass is 16.3. The van der Waals surface area contributed by atoms with Crippen LogP contribution in [-0.2, 0) is 0 Å². The van der Waals surface area contributed by atoms with Crippen molar-refractivity contribution in [1.29, 1.82) is 5.41 Å². The first kappa shape index (κ1) is 7.34. The van der Waals surface area contributed by atoms with Crippen molar-refractivity contribution >= 4 is 5.96 Å². The predicted octanol–water partition coefficient (Wildman–Crippen LogP) is -0.793. The number of nitrogens with one attached hydrogen (secondary N) is 2. The molecule has 1 aliphatic rings. The van der Waals surface area contributed by atoms with Crippen molar-refractivity contribution in [2.24, 2.45) is 0 Å². The Balaban J connectivity index is 2.37. The first-order valence-corrected chi connectivity index (χ1v) is 3.43. The summed E-state index contributed by atoms with van der Waals surface area (Å²) in [5, 5.41) is 19.1. The third-order valence-corrected chi connectivity index (χ3v) is 1.72. The minimum Gasteiger partial charge on any atom is -0.391 e. The maximum atomic E-state index is 9.08. The number of β-amino-alcohol motifs (C(OH)–C–C–N with tert-alkyl or cyclic N) is 1. The monoisotopic (exact) mass is 143 g/mol. The predicted molar refractivity (Wildman–Crippen MR) is 39.0 cm³/mol. The fourth-order valence-electron chi connectivity index (χ4n) is 1.10. The molecule has 0 aromatic rings. The van der Waals surface area contributed by atoms with Gasteiger partial charge in [-0.25, -0.2) is 0 Å². The molecular weight excluding hydrogens is 130 g/mol. The molecule has 0 aromatic carbocycles. The Kier molecular flexibility index (Phi) is 2.11. The molecule has 1 saturated heterocycles. The maximum absolute atomic E-state index is 9.08. The quantitative estimate of drug-likeness (QED) is 0.307. The molecule has 0 spiro atoms. The number of hydrogen-bond acceptors (Lipinski definition) is 2. The Morgan fingerprint density at radius 1 is 1.80 bits per heavy atom. The highest BCUT2D eigenvalue weighted by Crippen LogP contribution is 2.07. The number of rotatable bonds is 0. The lowest BCUT2D eigenvalue weighted by Crippen LogP contribution is -2.37. The van der Waals surface area contributed by atoms with E-state index >= 15 is 0 Å². The van der Waals surface area contributed by atoms with Crippen LogP contribution in [0.25, 0.3) is 0 Å². The van der Waals surface area contributed by atoms with E-state index in [1.54, 1.807) is 7.05 Å². The van der Waals surface area contributed by atoms with E-state index in [2.05, 4.69) is 5.32 Å². The van der Waals surface area contributed by atoms with Crippen LogP contribution in [0.5, 0.6) is 0 Å². The Morgan fingerprint density at radius 3 is 2.90 bits per heavy atom. The molecule has 0 aliphatic carbocycles. The summed E-state index contributed by atoms with van der Waals surface area (Å²) in [6.07, 6.45) is 0.540. The number of likely N-dealkylation sites (tertiary alicyclic amines) is 1. The van der Waals surface area contributed by atoms with Crippen LogP contribution in [0.15, 0.2) is 0 Å². The third kappa shape index (κ3) is 1.39. The summed E-state index contributed by atoms with van der Waals surface area (Å²) < 4.78 is 0. The Morgan fingerprint density at radius 2 is 2.50 bits per heavy atom. The molecule has 58 valence electrons. The molecule has 0 aromatic heterocycles. The molecule has 0 amide bonds. The average Bonchev–Trinajstić information content (AvgIpc) is 2.34. The van der Waals surface area contributed by atoms with E-state index in [0.717, 1.165) is 13.0 Å². The van der Waals surface area contributed by atoms with Crippen LogP contribution in [0.3, 0.4) is 0 Å². The third-order valence-electron chi connectivity index (χ3n) is 1.72. The maximum Gasteiger partial charge on any atom is 0.190 e. The van der Waals surface area contributed by atoms with Crippen molar-refractivity contribution in [1.82, 2.24) is 10.2 Å². The van der Waals surface area contributed by atoms with Crippen LogP contribution < -0.4 is 5.32 Å². The molecule has 0 radical (unpaired) electrons. The topological polar surface area (TPSA) is 59.4 Å². The van der Waals surface area contributed by atoms with Gasteiger partial charge >= 0.3 is 0 Å². The molecule has 0 saturated carbocycles. The van der Waals surface area contributed by atoms with Crippen molar-refractivity contribution in [2.75, 3.05) is 20.1 Å². The van der Waals surface area contributed by atoms with Gasteiger partial charge in [-0.3, -0.25) is 5.41 Å². The molecule has 1 aliphatic heterocycles. The van der Waals surface area contributed by atoms with Crippen LogP contribution in [0.1, 0.15) is 6.42 Å². The SMILES string of the molecule is CNC(=N)N1CCC(O)C1. The lowest BCUT2D eigenvalue weighted by atomic mass is 10.3. The zero-order chi connectivity index (χ0) is 7.56. The Hall–Kier alpha value is -0.770. The summed E-state index contributed by atoms with van der Waals surface area (Å²) in [4.78, 5) is 1.82. The van der Waals surface area contributed by atoms with Gasteiger partial charge in [0, 0.05) is 20.1 Å². The van der Waals surface area contributed by atoms with Gasteiger partial charge in [0.2, 0.25) is 0 Å². The van der Waals surface area contributed by atoms with E-state index in [9.17, 15) is 0 Å². The summed E-state index contributed by atoms with van der Waals surface area (Å²) in [6.45, 7) is 1.39. The molecule has 1 heterocycles. The fraction of sp³-hybridized carbons (Fsp3) is 0.833. The van der Waals surface area contributed by atoms with Gasteiger partial charge in [0.25, 0.3) is 0 Å². The standard InChI is InChI=1S/C6H13N3O/c1-8-6(7)9-3-2-5(10)4-9/h5,10H,2-4H2,1H3,(H2,7,8). The van der Waals surface area contributed by atoms with Gasteiger partial charge in [-0.15, -0.1) is 0 Å². The molecule has 1 fully saturated rings. The average molecular weight is 143 g/mol. The summed E-state index contributed by atoms with van der Waals surface area (Å²) >= 11 is 0. The van der Waals surface area contributed by atoms with E-state index in [1.807, 2.05) is 4.90 Å². The molecular formula is C6H13N3O. The first-order valence-electron chi connectivity index (χ1n) is 3.43. The van der Waals surface area contributed by atoms with E-state index in [0.29, 0.717) is 12.5 Å². The fourth-order valence-corrected chi connectivity index (χ4v) is 1.10. The molecule has 1 atom stereocenters. The number of aliphatic hydroxyl groups excluding tert-OH is 1. The molecule has 1 rings (SSSR count). The lowest BCUT2D eigenvalue weighted by Gasteiger charge is -2.16. The molecule has 4 heteroatoms. The Labute approximate surface area is 60.3 Å². The molecule has 4 nitrogen and oxygen atoms in total. The van der Waals surface area contributed by atoms with Crippen molar-refractivity contribution in [3.63, 3.8) is 0 Å². The van der Waals surface area contributed by atoms with E-state index < -0.39 is 0 Å². The van der Waals surface area contributed by atoms with Crippen LogP contribution in [0, 0.1) is 5.41 Å². The molecule has 10 heavy (non-hydrogen) atoms. The van der Waals surface area contributed by atoms with Crippen LogP contribution in [0.4, 0.5) is 0 Å². The Bertz CT molecular complexity index is 137. The summed E-state index contributed by atoms with van der Waals surface area (Å²) in [6, 6.07) is 0. The van der Waals surface area contributed by atoms with E-state index in [-0.39, 0.29) is 6.10 Å². The number of hydrogen-bond donors (Lipinski definition) is 3. The highest BCUT2D eigenvalue weighted by Gasteiger charge is 2.21. The van der Waals surface area contributed by atoms with Gasteiger partial charge in [-0.2, -0.15) is 0 Å². The summed E-state index contributed by atoms with van der Waals surface area (Å²) in [7, 11) is 1.72. The zero-order valence-corrected chi connectivity index (χ0v) is 6.09. The molecule has 3 N–H and O–H groups in total. The van der Waals surface area contributed by atoms with Gasteiger partial charge < -0.3 is 15.3 Å². The van der Waals surface area contributed by atoms with E-state index in [1.165, 1.54) is 0 Å². The second kappa shape index (κ2) is 2.88. The van der Waals surface area contributed by atoms with Crippen molar-refractivity contribution in [3.05, 3.63) is 0 Å². The number of nitrogens with zero attached hydrogens (tertiary/aromatic N) is 1. The zero-order valence-electron chi connectivity index (χ0n) is 6.09. The molecule has 0 bridgehead atoms. The van der Waals surface area contributed by atoms with Gasteiger partial charge in [-0.05, 0) is 6.42 Å². The van der Waals surface area contributed by atoms with Crippen LogP contribution in [-0.4, -0.2) is 42.2 Å². The molecule has 1 unspecified atom stereocenters. The minimum atomic E-state index is -0.242. The first-order chi connectivity index (χ1) is 4.74. The van der Waals surface area contributed by atoms with Crippen molar-refractivity contribution < 1.29 is 5.11 Å². The highest BCUT2D eigenvalue weighted by molar-refractivity contribution is 5.76. The summed E-state index contributed by atoms with van der Waals surface area (Å²) in [5.74, 6) is 0.400. The second-order valence-electron chi connectivity index (χ2n) is 2.49. The van der Waals surface area contributed by atoms with Gasteiger partial charge in [0.05, 0.1) is 6.10 Å². The largest absolute Gasteiger partial charge is 0.391 e.